The van der Waals surface area contributed by atoms with Crippen molar-refractivity contribution in [2.24, 2.45) is 0 Å². The third-order valence-corrected chi connectivity index (χ3v) is 3.17. The molecule has 0 spiro atoms. The molecule has 0 saturated heterocycles. The molecule has 0 bridgehead atoms. The molecule has 2 aromatic rings. The van der Waals surface area contributed by atoms with E-state index in [1.807, 2.05) is 43.7 Å². The van der Waals surface area contributed by atoms with Gasteiger partial charge in [0.25, 0.3) is 5.91 Å². The minimum atomic E-state index is -0.602. The van der Waals surface area contributed by atoms with Crippen LogP contribution in [0.5, 0.6) is 0 Å². The summed E-state index contributed by atoms with van der Waals surface area (Å²) in [6, 6.07) is 6.50. The standard InChI is InChI=1S/C17H22N4O2/c1-12(15(22)20-17(2,3)4)19-16(23)13-5-7-14(8-6-13)21-10-9-18-11-21/h5-12H,1-4H3,(H,19,23)(H,20,22). The fourth-order valence-corrected chi connectivity index (χ4v) is 2.02. The molecule has 1 unspecified atom stereocenters. The van der Waals surface area contributed by atoms with E-state index in [0.717, 1.165) is 5.69 Å². The number of hydrogen-bond donors (Lipinski definition) is 2. The highest BCUT2D eigenvalue weighted by Crippen LogP contribution is 2.09. The van der Waals surface area contributed by atoms with Crippen molar-refractivity contribution in [3.8, 4) is 5.69 Å². The molecule has 0 aliphatic heterocycles. The van der Waals surface area contributed by atoms with Crippen molar-refractivity contribution < 1.29 is 9.59 Å². The Morgan fingerprint density at radius 2 is 1.83 bits per heavy atom. The average Bonchev–Trinajstić information content (AvgIpc) is 2.99. The van der Waals surface area contributed by atoms with Gasteiger partial charge in [-0.25, -0.2) is 4.98 Å². The molecule has 0 saturated carbocycles. The Hall–Kier alpha value is -2.63. The average molecular weight is 314 g/mol. The maximum absolute atomic E-state index is 12.2. The van der Waals surface area contributed by atoms with Gasteiger partial charge in [0.05, 0.1) is 6.33 Å². The molecule has 1 aromatic carbocycles. The molecule has 122 valence electrons. The van der Waals surface area contributed by atoms with Crippen molar-refractivity contribution in [2.45, 2.75) is 39.3 Å². The molecule has 6 heteroatoms. The quantitative estimate of drug-likeness (QED) is 0.905. The van der Waals surface area contributed by atoms with Crippen molar-refractivity contribution in [3.05, 3.63) is 48.5 Å². The normalized spacial score (nSPS) is 12.5. The fourth-order valence-electron chi connectivity index (χ4n) is 2.02. The number of nitrogens with one attached hydrogen (secondary N) is 2. The topological polar surface area (TPSA) is 76.0 Å². The summed E-state index contributed by atoms with van der Waals surface area (Å²) in [6.07, 6.45) is 5.21. The van der Waals surface area contributed by atoms with Gasteiger partial charge >= 0.3 is 0 Å². The number of amides is 2. The Morgan fingerprint density at radius 1 is 1.17 bits per heavy atom. The fraction of sp³-hybridized carbons (Fsp3) is 0.353. The lowest BCUT2D eigenvalue weighted by Gasteiger charge is -2.23. The number of carbonyl (C=O) groups excluding carboxylic acids is 2. The van der Waals surface area contributed by atoms with E-state index in [4.69, 9.17) is 0 Å². The number of imidazole rings is 1. The summed E-state index contributed by atoms with van der Waals surface area (Å²) in [5, 5.41) is 5.54. The third-order valence-electron chi connectivity index (χ3n) is 3.17. The summed E-state index contributed by atoms with van der Waals surface area (Å²) in [5.74, 6) is -0.486. The maximum Gasteiger partial charge on any atom is 0.251 e. The molecule has 23 heavy (non-hydrogen) atoms. The number of carbonyl (C=O) groups is 2. The molecule has 0 aliphatic rings. The van der Waals surface area contributed by atoms with E-state index in [1.54, 1.807) is 31.6 Å². The summed E-state index contributed by atoms with van der Waals surface area (Å²) >= 11 is 0. The highest BCUT2D eigenvalue weighted by Gasteiger charge is 2.21. The molecule has 2 amide bonds. The molecule has 2 rings (SSSR count). The lowest BCUT2D eigenvalue weighted by Crippen LogP contribution is -2.50. The van der Waals surface area contributed by atoms with E-state index in [1.165, 1.54) is 0 Å². The first-order chi connectivity index (χ1) is 10.8. The summed E-state index contributed by atoms with van der Waals surface area (Å²) in [5.41, 5.74) is 1.09. The Morgan fingerprint density at radius 3 is 2.35 bits per heavy atom. The van der Waals surface area contributed by atoms with Crippen LogP contribution in [0, 0.1) is 0 Å². The second-order valence-corrected chi connectivity index (χ2v) is 6.45. The van der Waals surface area contributed by atoms with Gasteiger partial charge in [-0.15, -0.1) is 0 Å². The molecule has 0 fully saturated rings. The summed E-state index contributed by atoms with van der Waals surface area (Å²) in [4.78, 5) is 28.2. The van der Waals surface area contributed by atoms with Gasteiger partial charge in [-0.2, -0.15) is 0 Å². The largest absolute Gasteiger partial charge is 0.350 e. The van der Waals surface area contributed by atoms with Crippen LogP contribution in [0.4, 0.5) is 0 Å². The van der Waals surface area contributed by atoms with Gasteiger partial charge < -0.3 is 15.2 Å². The molecule has 0 radical (unpaired) electrons. The Bertz CT molecular complexity index is 670. The second kappa shape index (κ2) is 6.64. The first-order valence-corrected chi connectivity index (χ1v) is 7.47. The molecular weight excluding hydrogens is 292 g/mol. The monoisotopic (exact) mass is 314 g/mol. The number of nitrogens with zero attached hydrogens (tertiary/aromatic N) is 2. The van der Waals surface area contributed by atoms with Gasteiger partial charge in [-0.3, -0.25) is 9.59 Å². The van der Waals surface area contributed by atoms with E-state index in [0.29, 0.717) is 5.56 Å². The summed E-state index contributed by atoms with van der Waals surface area (Å²) in [6.45, 7) is 7.36. The number of hydrogen-bond acceptors (Lipinski definition) is 3. The highest BCUT2D eigenvalue weighted by atomic mass is 16.2. The zero-order valence-electron chi connectivity index (χ0n) is 13.8. The number of benzene rings is 1. The van der Waals surface area contributed by atoms with Crippen LogP contribution in [0.3, 0.4) is 0 Å². The van der Waals surface area contributed by atoms with Crippen molar-refractivity contribution in [3.63, 3.8) is 0 Å². The third kappa shape index (κ3) is 4.67. The van der Waals surface area contributed by atoms with Crippen LogP contribution in [-0.2, 0) is 4.79 Å². The number of rotatable bonds is 4. The molecule has 6 nitrogen and oxygen atoms in total. The predicted octanol–water partition coefficient (Wildman–Crippen LogP) is 1.91. The van der Waals surface area contributed by atoms with Gasteiger partial charge in [0.1, 0.15) is 6.04 Å². The molecule has 1 aromatic heterocycles. The van der Waals surface area contributed by atoms with Crippen LogP contribution < -0.4 is 10.6 Å². The van der Waals surface area contributed by atoms with Gasteiger partial charge in [0.2, 0.25) is 5.91 Å². The van der Waals surface area contributed by atoms with Crippen LogP contribution in [0.25, 0.3) is 5.69 Å². The van der Waals surface area contributed by atoms with Gasteiger partial charge in [0.15, 0.2) is 0 Å². The molecule has 1 heterocycles. The lowest BCUT2D eigenvalue weighted by atomic mass is 10.1. The first-order valence-electron chi connectivity index (χ1n) is 7.47. The van der Waals surface area contributed by atoms with Crippen LogP contribution in [0.15, 0.2) is 43.0 Å². The molecule has 0 aliphatic carbocycles. The Labute approximate surface area is 135 Å². The minimum Gasteiger partial charge on any atom is -0.350 e. The van der Waals surface area contributed by atoms with Crippen LogP contribution in [0.2, 0.25) is 0 Å². The minimum absolute atomic E-state index is 0.208. The molecule has 1 atom stereocenters. The van der Waals surface area contributed by atoms with Crippen LogP contribution in [0.1, 0.15) is 38.1 Å². The molecule has 2 N–H and O–H groups in total. The number of aromatic nitrogens is 2. The van der Waals surface area contributed by atoms with E-state index >= 15 is 0 Å². The van der Waals surface area contributed by atoms with Gasteiger partial charge in [-0.1, -0.05) is 0 Å². The van der Waals surface area contributed by atoms with E-state index in [-0.39, 0.29) is 17.4 Å². The highest BCUT2D eigenvalue weighted by molar-refractivity contribution is 5.97. The van der Waals surface area contributed by atoms with Gasteiger partial charge in [0, 0.05) is 29.2 Å². The second-order valence-electron chi connectivity index (χ2n) is 6.45. The SMILES string of the molecule is CC(NC(=O)c1ccc(-n2ccnc2)cc1)C(=O)NC(C)(C)C. The van der Waals surface area contributed by atoms with Crippen molar-refractivity contribution in [1.29, 1.82) is 0 Å². The first kappa shape index (κ1) is 16.7. The molecular formula is C17H22N4O2. The van der Waals surface area contributed by atoms with Crippen LogP contribution >= 0.6 is 0 Å². The van der Waals surface area contributed by atoms with Gasteiger partial charge in [-0.05, 0) is 52.0 Å². The van der Waals surface area contributed by atoms with Crippen molar-refractivity contribution in [2.75, 3.05) is 0 Å². The summed E-state index contributed by atoms with van der Waals surface area (Å²) < 4.78 is 1.85. The van der Waals surface area contributed by atoms with E-state index < -0.39 is 6.04 Å². The van der Waals surface area contributed by atoms with Crippen LogP contribution in [-0.4, -0.2) is 32.9 Å². The zero-order chi connectivity index (χ0) is 17.0. The van der Waals surface area contributed by atoms with Crippen molar-refractivity contribution >= 4 is 11.8 Å². The smallest absolute Gasteiger partial charge is 0.251 e. The Balaban J connectivity index is 1.99. The van der Waals surface area contributed by atoms with E-state index in [2.05, 4.69) is 15.6 Å². The maximum atomic E-state index is 12.2. The predicted molar refractivity (Wildman–Crippen MR) is 88.4 cm³/mol. The van der Waals surface area contributed by atoms with E-state index in [9.17, 15) is 9.59 Å². The summed E-state index contributed by atoms with van der Waals surface area (Å²) in [7, 11) is 0. The zero-order valence-corrected chi connectivity index (χ0v) is 13.8. The van der Waals surface area contributed by atoms with Crippen molar-refractivity contribution in [1.82, 2.24) is 20.2 Å². The Kier molecular flexibility index (Phi) is 4.83. The lowest BCUT2D eigenvalue weighted by molar-refractivity contribution is -0.124.